The van der Waals surface area contributed by atoms with Crippen molar-refractivity contribution in [1.29, 1.82) is 0 Å². The van der Waals surface area contributed by atoms with E-state index in [1.54, 1.807) is 18.6 Å². The number of halogens is 1. The Morgan fingerprint density at radius 2 is 1.90 bits per heavy atom. The predicted octanol–water partition coefficient (Wildman–Crippen LogP) is 4.56. The van der Waals surface area contributed by atoms with Gasteiger partial charge in [0.15, 0.2) is 4.80 Å². The van der Waals surface area contributed by atoms with Crippen molar-refractivity contribution in [3.63, 3.8) is 0 Å². The fourth-order valence-electron chi connectivity index (χ4n) is 4.54. The van der Waals surface area contributed by atoms with Gasteiger partial charge in [0.1, 0.15) is 18.1 Å². The Kier molecular flexibility index (Phi) is 8.71. The standard InChI is InChI=1S/C32H25IN2O5S/c1-4-17-40-25-16-11-20(18-24(25)33)19-26-30(36)35-29(22-12-14-23(38-3)15-13-22)27(31(37)39-5-2)28(34-32(35)41-26)21-9-7-6-8-10-21/h1,6-16,18-19,29H,5,17H2,2-3H3/b26-19-/t29-/m1/s1. The molecular formula is C32H25IN2O5S. The fraction of sp³-hybridized carbons (Fsp3) is 0.156. The highest BCUT2D eigenvalue weighted by atomic mass is 127. The third-order valence-corrected chi connectivity index (χ3v) is 8.20. The smallest absolute Gasteiger partial charge is 0.338 e. The molecule has 0 fully saturated rings. The predicted molar refractivity (Wildman–Crippen MR) is 168 cm³/mol. The zero-order valence-electron chi connectivity index (χ0n) is 22.3. The first-order chi connectivity index (χ1) is 19.9. The van der Waals surface area contributed by atoms with Gasteiger partial charge in [-0.25, -0.2) is 9.79 Å². The highest BCUT2D eigenvalue weighted by Crippen LogP contribution is 2.35. The van der Waals surface area contributed by atoms with Gasteiger partial charge >= 0.3 is 5.97 Å². The van der Waals surface area contributed by atoms with Crippen LogP contribution in [0.1, 0.15) is 29.7 Å². The Bertz CT molecular complexity index is 1850. The Morgan fingerprint density at radius 3 is 2.56 bits per heavy atom. The molecule has 0 aliphatic carbocycles. The number of carbonyl (C=O) groups is 1. The molecule has 9 heteroatoms. The normalized spacial score (nSPS) is 14.6. The van der Waals surface area contributed by atoms with Crippen molar-refractivity contribution in [1.82, 2.24) is 4.57 Å². The quantitative estimate of drug-likeness (QED) is 0.156. The van der Waals surface area contributed by atoms with Crippen LogP contribution in [0.5, 0.6) is 11.5 Å². The molecule has 7 nitrogen and oxygen atoms in total. The number of benzene rings is 3. The molecule has 5 rings (SSSR count). The number of aromatic nitrogens is 1. The van der Waals surface area contributed by atoms with Crippen LogP contribution in [0.4, 0.5) is 0 Å². The summed E-state index contributed by atoms with van der Waals surface area (Å²) in [5, 5.41) is 0. The molecule has 0 bridgehead atoms. The number of carbonyl (C=O) groups excluding carboxylic acids is 1. The van der Waals surface area contributed by atoms with Crippen molar-refractivity contribution in [3.8, 4) is 23.8 Å². The number of hydrogen-bond acceptors (Lipinski definition) is 7. The minimum atomic E-state index is -0.756. The Hall–Kier alpha value is -4.14. The van der Waals surface area contributed by atoms with Gasteiger partial charge in [0.05, 0.1) is 39.1 Å². The van der Waals surface area contributed by atoms with E-state index in [0.29, 0.717) is 32.1 Å². The Balaban J connectivity index is 1.74. The summed E-state index contributed by atoms with van der Waals surface area (Å²) in [5.74, 6) is 3.27. The van der Waals surface area contributed by atoms with Crippen LogP contribution in [-0.2, 0) is 9.53 Å². The highest BCUT2D eigenvalue weighted by molar-refractivity contribution is 14.1. The molecule has 0 amide bonds. The zero-order valence-corrected chi connectivity index (χ0v) is 25.3. The number of fused-ring (bicyclic) bond motifs is 1. The van der Waals surface area contributed by atoms with E-state index in [9.17, 15) is 9.59 Å². The molecular weight excluding hydrogens is 651 g/mol. The first-order valence-corrected chi connectivity index (χ1v) is 14.6. The van der Waals surface area contributed by atoms with Gasteiger partial charge in [0.25, 0.3) is 5.56 Å². The third-order valence-electron chi connectivity index (χ3n) is 6.37. The molecule has 1 atom stereocenters. The van der Waals surface area contributed by atoms with Crippen molar-refractivity contribution >= 4 is 51.7 Å². The lowest BCUT2D eigenvalue weighted by Crippen LogP contribution is -2.40. The second-order valence-electron chi connectivity index (χ2n) is 8.89. The minimum Gasteiger partial charge on any atom is -0.497 e. The van der Waals surface area contributed by atoms with Crippen LogP contribution in [0.25, 0.3) is 11.8 Å². The van der Waals surface area contributed by atoms with Gasteiger partial charge in [-0.05, 0) is 71.0 Å². The molecule has 3 aromatic carbocycles. The van der Waals surface area contributed by atoms with Crippen molar-refractivity contribution in [3.05, 3.63) is 118 Å². The molecule has 0 saturated heterocycles. The molecule has 0 unspecified atom stereocenters. The van der Waals surface area contributed by atoms with E-state index in [0.717, 1.165) is 20.3 Å². The maximum atomic E-state index is 14.0. The van der Waals surface area contributed by atoms with Crippen molar-refractivity contribution in [2.24, 2.45) is 4.99 Å². The largest absolute Gasteiger partial charge is 0.497 e. The molecule has 0 saturated carbocycles. The summed E-state index contributed by atoms with van der Waals surface area (Å²) >= 11 is 3.45. The average molecular weight is 677 g/mol. The van der Waals surface area contributed by atoms with Crippen LogP contribution in [0.3, 0.4) is 0 Å². The van der Waals surface area contributed by atoms with E-state index >= 15 is 0 Å². The van der Waals surface area contributed by atoms with Crippen molar-refractivity contribution in [2.45, 2.75) is 13.0 Å². The van der Waals surface area contributed by atoms with Crippen LogP contribution in [0, 0.1) is 15.9 Å². The van der Waals surface area contributed by atoms with Crippen LogP contribution in [0.15, 0.2) is 88.2 Å². The second kappa shape index (κ2) is 12.6. The van der Waals surface area contributed by atoms with Crippen molar-refractivity contribution < 1.29 is 19.0 Å². The molecule has 1 aromatic heterocycles. The summed E-state index contributed by atoms with van der Waals surface area (Å²) < 4.78 is 19.4. The summed E-state index contributed by atoms with van der Waals surface area (Å²) in [6.07, 6.45) is 7.13. The van der Waals surface area contributed by atoms with Gasteiger partial charge in [0.2, 0.25) is 0 Å². The maximum Gasteiger partial charge on any atom is 0.338 e. The third kappa shape index (κ3) is 5.85. The fourth-order valence-corrected chi connectivity index (χ4v) is 6.23. The van der Waals surface area contributed by atoms with E-state index < -0.39 is 12.0 Å². The van der Waals surface area contributed by atoms with Gasteiger partial charge in [-0.3, -0.25) is 9.36 Å². The first kappa shape index (κ1) is 28.4. The molecule has 41 heavy (non-hydrogen) atoms. The second-order valence-corrected chi connectivity index (χ2v) is 11.1. The van der Waals surface area contributed by atoms with Gasteiger partial charge in [-0.1, -0.05) is 65.8 Å². The zero-order chi connectivity index (χ0) is 28.9. The number of nitrogens with zero attached hydrogens (tertiary/aromatic N) is 2. The van der Waals surface area contributed by atoms with Gasteiger partial charge in [0, 0.05) is 5.56 Å². The molecule has 0 radical (unpaired) electrons. The molecule has 2 heterocycles. The average Bonchev–Trinajstić information content (AvgIpc) is 3.30. The van der Waals surface area contributed by atoms with Gasteiger partial charge in [-0.15, -0.1) is 6.42 Å². The Morgan fingerprint density at radius 1 is 1.15 bits per heavy atom. The molecule has 0 N–H and O–H groups in total. The number of thiazole rings is 1. The van der Waals surface area contributed by atoms with Crippen LogP contribution in [-0.4, -0.2) is 30.9 Å². The number of hydrogen-bond donors (Lipinski definition) is 0. The number of rotatable bonds is 8. The van der Waals surface area contributed by atoms with Crippen molar-refractivity contribution in [2.75, 3.05) is 20.3 Å². The molecule has 1 aliphatic heterocycles. The number of terminal acetylenes is 1. The number of esters is 1. The summed E-state index contributed by atoms with van der Waals surface area (Å²) in [6, 6.07) is 21.6. The number of ether oxygens (including phenoxy) is 3. The number of methoxy groups -OCH3 is 1. The molecule has 0 spiro atoms. The van der Waals surface area contributed by atoms with E-state index in [4.69, 9.17) is 25.6 Å². The lowest BCUT2D eigenvalue weighted by molar-refractivity contribution is -0.138. The lowest BCUT2D eigenvalue weighted by Gasteiger charge is -2.26. The lowest BCUT2D eigenvalue weighted by atomic mass is 9.93. The summed E-state index contributed by atoms with van der Waals surface area (Å²) in [5.41, 5.74) is 2.82. The monoisotopic (exact) mass is 676 g/mol. The SMILES string of the molecule is C#CCOc1ccc(/C=c2\sc3n(c2=O)[C@H](c2ccc(OC)cc2)C(C(=O)OCC)=C(c2ccccc2)N=3)cc1I. The summed E-state index contributed by atoms with van der Waals surface area (Å²) in [4.78, 5) is 32.9. The van der Waals surface area contributed by atoms with Crippen LogP contribution < -0.4 is 24.4 Å². The van der Waals surface area contributed by atoms with E-state index in [2.05, 4.69) is 28.5 Å². The van der Waals surface area contributed by atoms with Gasteiger partial charge in [-0.2, -0.15) is 0 Å². The van der Waals surface area contributed by atoms with E-state index in [1.165, 1.54) is 11.3 Å². The topological polar surface area (TPSA) is 79.1 Å². The maximum absolute atomic E-state index is 14.0. The molecule has 206 valence electrons. The highest BCUT2D eigenvalue weighted by Gasteiger charge is 2.35. The molecule has 1 aliphatic rings. The van der Waals surface area contributed by atoms with E-state index in [-0.39, 0.29) is 18.8 Å². The molecule has 4 aromatic rings. The first-order valence-electron chi connectivity index (χ1n) is 12.7. The van der Waals surface area contributed by atoms with Gasteiger partial charge < -0.3 is 14.2 Å². The van der Waals surface area contributed by atoms with Crippen LogP contribution in [0.2, 0.25) is 0 Å². The summed E-state index contributed by atoms with van der Waals surface area (Å²) in [6.45, 7) is 2.11. The Labute approximate surface area is 254 Å². The van der Waals surface area contributed by atoms with E-state index in [1.807, 2.05) is 78.9 Å². The minimum absolute atomic E-state index is 0.172. The summed E-state index contributed by atoms with van der Waals surface area (Å²) in [7, 11) is 1.59. The van der Waals surface area contributed by atoms with Crippen LogP contribution >= 0.6 is 33.9 Å².